The molecule has 0 spiro atoms. The van der Waals surface area contributed by atoms with Crippen LogP contribution in [0, 0.1) is 5.92 Å². The fraction of sp³-hybridized carbons (Fsp3) is 0.333. The van der Waals surface area contributed by atoms with E-state index in [9.17, 15) is 18.0 Å². The van der Waals surface area contributed by atoms with Gasteiger partial charge in [-0.3, -0.25) is 13.9 Å². The first kappa shape index (κ1) is 31.0. The molecule has 0 radical (unpaired) electrons. The summed E-state index contributed by atoms with van der Waals surface area (Å²) < 4.78 is 32.0. The van der Waals surface area contributed by atoms with Gasteiger partial charge in [-0.15, -0.1) is 0 Å². The zero-order valence-electron chi connectivity index (χ0n) is 23.2. The number of ether oxygens (including phenoxy) is 1. The molecule has 3 aromatic carbocycles. The number of anilines is 1. The second-order valence-electron chi connectivity index (χ2n) is 9.97. The van der Waals surface area contributed by atoms with Gasteiger partial charge in [-0.25, -0.2) is 8.42 Å². The predicted molar refractivity (Wildman–Crippen MR) is 159 cm³/mol. The molecule has 10 heteroatoms. The maximum absolute atomic E-state index is 14.1. The molecule has 0 saturated carbocycles. The molecule has 0 aliphatic carbocycles. The highest BCUT2D eigenvalue weighted by Crippen LogP contribution is 2.24. The molecule has 3 rings (SSSR count). The molecule has 0 aromatic heterocycles. The van der Waals surface area contributed by atoms with Crippen LogP contribution in [0.5, 0.6) is 5.75 Å². The average Bonchev–Trinajstić information content (AvgIpc) is 2.92. The summed E-state index contributed by atoms with van der Waals surface area (Å²) in [7, 11) is -2.32. The van der Waals surface area contributed by atoms with Crippen LogP contribution < -0.4 is 14.4 Å². The SMILES string of the molecule is COc1cccc(CN(C(=O)CN(c2cccc(Cl)c2)S(C)(=O)=O)[C@@H](Cc2ccccc2)C(=O)NCC(C)C)c1. The highest BCUT2D eigenvalue weighted by Gasteiger charge is 2.33. The van der Waals surface area contributed by atoms with E-state index in [0.717, 1.165) is 21.7 Å². The standard InChI is InChI=1S/C30H36ClN3O5S/c1-22(2)19-32-30(36)28(17-23-10-6-5-7-11-23)33(20-24-12-8-15-27(16-24)39-3)29(35)21-34(40(4,37)38)26-14-9-13-25(31)18-26/h5-16,18,22,28H,17,19-21H2,1-4H3,(H,32,36)/t28-/m0/s1. The zero-order valence-corrected chi connectivity index (χ0v) is 24.8. The summed E-state index contributed by atoms with van der Waals surface area (Å²) in [6.07, 6.45) is 1.28. The molecule has 0 saturated heterocycles. The van der Waals surface area contributed by atoms with Gasteiger partial charge in [0.25, 0.3) is 0 Å². The van der Waals surface area contributed by atoms with Crippen molar-refractivity contribution in [3.63, 3.8) is 0 Å². The van der Waals surface area contributed by atoms with Gasteiger partial charge in [-0.1, -0.05) is 74.0 Å². The van der Waals surface area contributed by atoms with Crippen molar-refractivity contribution in [1.29, 1.82) is 0 Å². The van der Waals surface area contributed by atoms with Crippen LogP contribution >= 0.6 is 11.6 Å². The lowest BCUT2D eigenvalue weighted by Crippen LogP contribution is -2.53. The maximum atomic E-state index is 14.1. The Bertz CT molecular complexity index is 1400. The summed E-state index contributed by atoms with van der Waals surface area (Å²) in [5.74, 6) is -0.0471. The number of sulfonamides is 1. The Morgan fingerprint density at radius 1 is 0.950 bits per heavy atom. The number of nitrogens with zero attached hydrogens (tertiary/aromatic N) is 2. The first-order valence-electron chi connectivity index (χ1n) is 12.9. The van der Waals surface area contributed by atoms with Gasteiger partial charge in [-0.2, -0.15) is 0 Å². The van der Waals surface area contributed by atoms with E-state index in [-0.39, 0.29) is 30.5 Å². The van der Waals surface area contributed by atoms with Crippen molar-refractivity contribution >= 4 is 39.1 Å². The number of hydrogen-bond donors (Lipinski definition) is 1. The van der Waals surface area contributed by atoms with Crippen LogP contribution in [-0.4, -0.2) is 57.6 Å². The Labute approximate surface area is 241 Å². The van der Waals surface area contributed by atoms with Crippen molar-refractivity contribution in [1.82, 2.24) is 10.2 Å². The minimum Gasteiger partial charge on any atom is -0.497 e. The first-order chi connectivity index (χ1) is 19.0. The summed E-state index contributed by atoms with van der Waals surface area (Å²) in [6, 6.07) is 22.0. The number of amides is 2. The lowest BCUT2D eigenvalue weighted by atomic mass is 10.0. The van der Waals surface area contributed by atoms with Gasteiger partial charge in [-0.05, 0) is 47.4 Å². The van der Waals surface area contributed by atoms with Crippen molar-refractivity contribution < 1.29 is 22.7 Å². The summed E-state index contributed by atoms with van der Waals surface area (Å²) >= 11 is 6.13. The monoisotopic (exact) mass is 585 g/mol. The normalized spacial score (nSPS) is 12.1. The molecule has 40 heavy (non-hydrogen) atoms. The van der Waals surface area contributed by atoms with Gasteiger partial charge in [0.15, 0.2) is 0 Å². The summed E-state index contributed by atoms with van der Waals surface area (Å²) in [4.78, 5) is 29.1. The third-order valence-electron chi connectivity index (χ3n) is 6.22. The van der Waals surface area contributed by atoms with E-state index in [0.29, 0.717) is 17.3 Å². The molecular formula is C30H36ClN3O5S. The van der Waals surface area contributed by atoms with Crippen molar-refractivity contribution in [2.24, 2.45) is 5.92 Å². The van der Waals surface area contributed by atoms with Crippen molar-refractivity contribution in [3.05, 3.63) is 95.0 Å². The zero-order chi connectivity index (χ0) is 29.3. The van der Waals surface area contributed by atoms with Crippen molar-refractivity contribution in [2.45, 2.75) is 32.9 Å². The van der Waals surface area contributed by atoms with Gasteiger partial charge >= 0.3 is 0 Å². The van der Waals surface area contributed by atoms with Gasteiger partial charge in [0.2, 0.25) is 21.8 Å². The van der Waals surface area contributed by atoms with Gasteiger partial charge in [0.1, 0.15) is 18.3 Å². The second kappa shape index (κ2) is 14.2. The molecule has 0 unspecified atom stereocenters. The third kappa shape index (κ3) is 8.99. The van der Waals surface area contributed by atoms with E-state index in [1.54, 1.807) is 43.5 Å². The van der Waals surface area contributed by atoms with Crippen LogP contribution in [-0.2, 0) is 32.6 Å². The van der Waals surface area contributed by atoms with Gasteiger partial charge < -0.3 is 15.0 Å². The molecule has 8 nitrogen and oxygen atoms in total. The lowest BCUT2D eigenvalue weighted by Gasteiger charge is -2.33. The van der Waals surface area contributed by atoms with E-state index < -0.39 is 28.5 Å². The molecule has 0 heterocycles. The Balaban J connectivity index is 2.06. The highest BCUT2D eigenvalue weighted by atomic mass is 35.5. The Morgan fingerprint density at radius 2 is 1.62 bits per heavy atom. The van der Waals surface area contributed by atoms with Crippen molar-refractivity contribution in [3.8, 4) is 5.75 Å². The number of benzene rings is 3. The van der Waals surface area contributed by atoms with Gasteiger partial charge in [0.05, 0.1) is 19.1 Å². The van der Waals surface area contributed by atoms with Crippen LogP contribution in [0.4, 0.5) is 5.69 Å². The lowest BCUT2D eigenvalue weighted by molar-refractivity contribution is -0.140. The molecule has 2 amide bonds. The molecule has 1 N–H and O–H groups in total. The van der Waals surface area contributed by atoms with Crippen LogP contribution in [0.25, 0.3) is 0 Å². The van der Waals surface area contributed by atoms with Crippen LogP contribution in [0.15, 0.2) is 78.9 Å². The number of nitrogens with one attached hydrogen (secondary N) is 1. The summed E-state index contributed by atoms with van der Waals surface area (Å²) in [6.45, 7) is 3.96. The number of carbonyl (C=O) groups excluding carboxylic acids is 2. The molecular weight excluding hydrogens is 550 g/mol. The number of hydrogen-bond acceptors (Lipinski definition) is 5. The Morgan fingerprint density at radius 3 is 2.25 bits per heavy atom. The van der Waals surface area contributed by atoms with E-state index in [2.05, 4.69) is 5.32 Å². The van der Waals surface area contributed by atoms with E-state index in [4.69, 9.17) is 16.3 Å². The first-order valence-corrected chi connectivity index (χ1v) is 15.2. The quantitative estimate of drug-likeness (QED) is 0.318. The predicted octanol–water partition coefficient (Wildman–Crippen LogP) is 4.53. The fourth-order valence-electron chi connectivity index (χ4n) is 4.19. The van der Waals surface area contributed by atoms with Crippen molar-refractivity contribution in [2.75, 3.05) is 30.8 Å². The molecule has 0 fully saturated rings. The summed E-state index contributed by atoms with van der Waals surface area (Å²) in [5, 5.41) is 3.30. The van der Waals surface area contributed by atoms with Crippen LogP contribution in [0.2, 0.25) is 5.02 Å². The molecule has 0 bridgehead atoms. The Hall–Kier alpha value is -3.56. The fourth-order valence-corrected chi connectivity index (χ4v) is 5.21. The third-order valence-corrected chi connectivity index (χ3v) is 7.59. The molecule has 0 aliphatic heterocycles. The largest absolute Gasteiger partial charge is 0.497 e. The average molecular weight is 586 g/mol. The molecule has 0 aliphatic rings. The molecule has 3 aromatic rings. The number of halogens is 1. The van der Waals surface area contributed by atoms with E-state index >= 15 is 0 Å². The topological polar surface area (TPSA) is 96.0 Å². The molecule has 1 atom stereocenters. The van der Waals surface area contributed by atoms with E-state index in [1.807, 2.05) is 50.2 Å². The second-order valence-corrected chi connectivity index (χ2v) is 12.3. The minimum absolute atomic E-state index is 0.0653. The molecule has 214 valence electrons. The van der Waals surface area contributed by atoms with E-state index in [1.165, 1.54) is 11.0 Å². The number of methoxy groups -OCH3 is 1. The van der Waals surface area contributed by atoms with Crippen LogP contribution in [0.1, 0.15) is 25.0 Å². The number of carbonyl (C=O) groups is 2. The Kier molecular flexibility index (Phi) is 11.0. The highest BCUT2D eigenvalue weighted by molar-refractivity contribution is 7.92. The summed E-state index contributed by atoms with van der Waals surface area (Å²) in [5.41, 5.74) is 1.86. The number of rotatable bonds is 13. The maximum Gasteiger partial charge on any atom is 0.244 e. The minimum atomic E-state index is -3.87. The van der Waals surface area contributed by atoms with Crippen LogP contribution in [0.3, 0.4) is 0 Å². The smallest absolute Gasteiger partial charge is 0.244 e. The van der Waals surface area contributed by atoms with Gasteiger partial charge in [0, 0.05) is 24.5 Å².